The molecule has 1 aliphatic carbocycles. The Morgan fingerprint density at radius 1 is 1.18 bits per heavy atom. The molecule has 4 heteroatoms. The van der Waals surface area contributed by atoms with Gasteiger partial charge in [-0.05, 0) is 25.7 Å². The highest BCUT2D eigenvalue weighted by Crippen LogP contribution is 2.41. The first-order valence-electron chi connectivity index (χ1n) is 3.81. The second-order valence-corrected chi connectivity index (χ2v) is 3.46. The highest BCUT2D eigenvalue weighted by Gasteiger charge is 2.43. The van der Waals surface area contributed by atoms with E-state index in [4.69, 9.17) is 5.73 Å². The van der Waals surface area contributed by atoms with Crippen LogP contribution >= 0.6 is 24.8 Å². The van der Waals surface area contributed by atoms with Gasteiger partial charge in [-0.2, -0.15) is 0 Å². The summed E-state index contributed by atoms with van der Waals surface area (Å²) < 4.78 is 0. The summed E-state index contributed by atoms with van der Waals surface area (Å²) in [4.78, 5) is 0. The molecule has 1 saturated heterocycles. The lowest BCUT2D eigenvalue weighted by Crippen LogP contribution is -2.46. The van der Waals surface area contributed by atoms with Crippen molar-refractivity contribution in [3.63, 3.8) is 0 Å². The first kappa shape index (κ1) is 11.5. The SMILES string of the molecule is Cl.Cl.NC1CCC2(CC2)NC1. The van der Waals surface area contributed by atoms with Gasteiger partial charge in [0.2, 0.25) is 0 Å². The fourth-order valence-electron chi connectivity index (χ4n) is 1.58. The lowest BCUT2D eigenvalue weighted by molar-refractivity contribution is 0.350. The number of hydrogen-bond donors (Lipinski definition) is 2. The van der Waals surface area contributed by atoms with Gasteiger partial charge < -0.3 is 11.1 Å². The first-order valence-corrected chi connectivity index (χ1v) is 3.81. The van der Waals surface area contributed by atoms with E-state index in [-0.39, 0.29) is 24.8 Å². The summed E-state index contributed by atoms with van der Waals surface area (Å²) in [6, 6.07) is 0.427. The van der Waals surface area contributed by atoms with Gasteiger partial charge in [0.1, 0.15) is 0 Å². The minimum atomic E-state index is 0. The zero-order valence-electron chi connectivity index (χ0n) is 6.51. The van der Waals surface area contributed by atoms with Gasteiger partial charge >= 0.3 is 0 Å². The molecule has 0 bridgehead atoms. The molecule has 3 N–H and O–H groups in total. The second-order valence-electron chi connectivity index (χ2n) is 3.46. The van der Waals surface area contributed by atoms with E-state index < -0.39 is 0 Å². The smallest absolute Gasteiger partial charge is 0.0184 e. The molecule has 1 spiro atoms. The van der Waals surface area contributed by atoms with Gasteiger partial charge in [-0.1, -0.05) is 0 Å². The Labute approximate surface area is 80.1 Å². The van der Waals surface area contributed by atoms with Crippen LogP contribution in [-0.2, 0) is 0 Å². The van der Waals surface area contributed by atoms with E-state index in [1.807, 2.05) is 0 Å². The summed E-state index contributed by atoms with van der Waals surface area (Å²) in [5.74, 6) is 0. The van der Waals surface area contributed by atoms with Crippen LogP contribution in [-0.4, -0.2) is 18.1 Å². The molecule has 11 heavy (non-hydrogen) atoms. The Bertz CT molecular complexity index is 116. The van der Waals surface area contributed by atoms with Gasteiger partial charge in [0.15, 0.2) is 0 Å². The standard InChI is InChI=1S/C7H14N2.2ClH/c8-6-1-2-7(3-4-7)9-5-6;;/h6,9H,1-5,8H2;2*1H. The predicted molar refractivity (Wildman–Crippen MR) is 51.7 cm³/mol. The molecule has 0 aromatic rings. The maximum absolute atomic E-state index is 5.72. The maximum Gasteiger partial charge on any atom is 0.0184 e. The average molecular weight is 199 g/mol. The van der Waals surface area contributed by atoms with Gasteiger partial charge in [-0.3, -0.25) is 0 Å². The molecule has 0 aromatic heterocycles. The molecule has 2 aliphatic rings. The summed E-state index contributed by atoms with van der Waals surface area (Å²) in [6.07, 6.45) is 5.32. The highest BCUT2D eigenvalue weighted by molar-refractivity contribution is 5.85. The molecule has 2 nitrogen and oxygen atoms in total. The van der Waals surface area contributed by atoms with Crippen molar-refractivity contribution < 1.29 is 0 Å². The molecule has 1 saturated carbocycles. The molecule has 1 heterocycles. The van der Waals surface area contributed by atoms with E-state index in [1.165, 1.54) is 25.7 Å². The van der Waals surface area contributed by atoms with Crippen molar-refractivity contribution in [2.75, 3.05) is 6.54 Å². The Morgan fingerprint density at radius 3 is 2.18 bits per heavy atom. The number of nitrogens with two attached hydrogens (primary N) is 1. The van der Waals surface area contributed by atoms with Crippen molar-refractivity contribution >= 4 is 24.8 Å². The minimum Gasteiger partial charge on any atom is -0.327 e. The maximum atomic E-state index is 5.72. The monoisotopic (exact) mass is 198 g/mol. The average Bonchev–Trinajstić information content (AvgIpc) is 2.60. The van der Waals surface area contributed by atoms with Crippen LogP contribution in [0.4, 0.5) is 0 Å². The molecule has 0 aromatic carbocycles. The number of nitrogens with one attached hydrogen (secondary N) is 1. The third-order valence-corrected chi connectivity index (χ3v) is 2.59. The predicted octanol–water partition coefficient (Wildman–Crippen LogP) is 1.07. The van der Waals surface area contributed by atoms with Gasteiger partial charge in [0, 0.05) is 18.1 Å². The molecular weight excluding hydrogens is 183 g/mol. The Kier molecular flexibility index (Phi) is 4.12. The molecule has 68 valence electrons. The minimum absolute atomic E-state index is 0. The Balaban J connectivity index is 0.000000500. The van der Waals surface area contributed by atoms with E-state index in [9.17, 15) is 0 Å². The zero-order chi connectivity index (χ0) is 6.32. The van der Waals surface area contributed by atoms with Crippen LogP contribution < -0.4 is 11.1 Å². The Hall–Kier alpha value is 0.500. The van der Waals surface area contributed by atoms with Crippen molar-refractivity contribution in [3.8, 4) is 0 Å². The summed E-state index contributed by atoms with van der Waals surface area (Å²) in [5.41, 5.74) is 6.30. The van der Waals surface area contributed by atoms with Crippen LogP contribution in [0.15, 0.2) is 0 Å². The number of piperidine rings is 1. The topological polar surface area (TPSA) is 38.0 Å². The van der Waals surface area contributed by atoms with Crippen molar-refractivity contribution in [2.24, 2.45) is 5.73 Å². The largest absolute Gasteiger partial charge is 0.327 e. The van der Waals surface area contributed by atoms with E-state index in [2.05, 4.69) is 5.32 Å². The first-order chi connectivity index (χ1) is 4.31. The summed E-state index contributed by atoms with van der Waals surface area (Å²) in [5, 5.41) is 3.49. The summed E-state index contributed by atoms with van der Waals surface area (Å²) >= 11 is 0. The fourth-order valence-corrected chi connectivity index (χ4v) is 1.58. The molecule has 1 aliphatic heterocycles. The van der Waals surface area contributed by atoms with Gasteiger partial charge in [-0.15, -0.1) is 24.8 Å². The van der Waals surface area contributed by atoms with Crippen LogP contribution in [0.5, 0.6) is 0 Å². The normalized spacial score (nSPS) is 31.9. The van der Waals surface area contributed by atoms with E-state index in [0.29, 0.717) is 11.6 Å². The van der Waals surface area contributed by atoms with Crippen molar-refractivity contribution in [3.05, 3.63) is 0 Å². The number of hydrogen-bond acceptors (Lipinski definition) is 2. The van der Waals surface area contributed by atoms with Crippen molar-refractivity contribution in [1.29, 1.82) is 0 Å². The van der Waals surface area contributed by atoms with E-state index in [0.717, 1.165) is 6.54 Å². The zero-order valence-corrected chi connectivity index (χ0v) is 8.14. The third-order valence-electron chi connectivity index (χ3n) is 2.59. The summed E-state index contributed by atoms with van der Waals surface area (Å²) in [6.45, 7) is 1.04. The molecule has 0 radical (unpaired) electrons. The van der Waals surface area contributed by atoms with Crippen LogP contribution in [0.25, 0.3) is 0 Å². The quantitative estimate of drug-likeness (QED) is 0.612. The highest BCUT2D eigenvalue weighted by atomic mass is 35.5. The van der Waals surface area contributed by atoms with Crippen molar-refractivity contribution in [2.45, 2.75) is 37.3 Å². The molecule has 0 amide bonds. The van der Waals surface area contributed by atoms with Gasteiger partial charge in [-0.25, -0.2) is 0 Å². The lowest BCUT2D eigenvalue weighted by Gasteiger charge is -2.27. The van der Waals surface area contributed by atoms with Crippen molar-refractivity contribution in [1.82, 2.24) is 5.32 Å². The fraction of sp³-hybridized carbons (Fsp3) is 1.00. The van der Waals surface area contributed by atoms with E-state index >= 15 is 0 Å². The third kappa shape index (κ3) is 2.48. The molecular formula is C7H16Cl2N2. The molecule has 1 unspecified atom stereocenters. The van der Waals surface area contributed by atoms with Crippen LogP contribution in [0, 0.1) is 0 Å². The molecule has 2 fully saturated rings. The van der Waals surface area contributed by atoms with Crippen LogP contribution in [0.3, 0.4) is 0 Å². The van der Waals surface area contributed by atoms with Gasteiger partial charge in [0.25, 0.3) is 0 Å². The van der Waals surface area contributed by atoms with E-state index in [1.54, 1.807) is 0 Å². The number of rotatable bonds is 0. The van der Waals surface area contributed by atoms with Gasteiger partial charge in [0.05, 0.1) is 0 Å². The molecule has 1 atom stereocenters. The number of halogens is 2. The second kappa shape index (κ2) is 3.94. The Morgan fingerprint density at radius 2 is 1.82 bits per heavy atom. The summed E-state index contributed by atoms with van der Waals surface area (Å²) in [7, 11) is 0. The lowest BCUT2D eigenvalue weighted by atomic mass is 10.00. The molecule has 2 rings (SSSR count). The van der Waals surface area contributed by atoms with Crippen LogP contribution in [0.2, 0.25) is 0 Å². The van der Waals surface area contributed by atoms with Crippen LogP contribution in [0.1, 0.15) is 25.7 Å².